The highest BCUT2D eigenvalue weighted by molar-refractivity contribution is 6.04. The molecule has 198 valence electrons. The lowest BCUT2D eigenvalue weighted by atomic mass is 10.1. The van der Waals surface area contributed by atoms with Gasteiger partial charge in [-0.1, -0.05) is 18.2 Å². The molecule has 1 aromatic carbocycles. The maximum absolute atomic E-state index is 13.2. The van der Waals surface area contributed by atoms with Gasteiger partial charge in [0.25, 0.3) is 17.7 Å². The molecule has 0 radical (unpaired) electrons. The Morgan fingerprint density at radius 1 is 1.15 bits per heavy atom. The average Bonchev–Trinajstić information content (AvgIpc) is 3.49. The second-order valence-corrected chi connectivity index (χ2v) is 9.84. The maximum Gasteiger partial charge on any atom is 0.269 e. The molecular weight excluding hydrogens is 496 g/mol. The van der Waals surface area contributed by atoms with Gasteiger partial charge in [-0.15, -0.1) is 0 Å². The van der Waals surface area contributed by atoms with Crippen LogP contribution in [0.15, 0.2) is 54.2 Å². The summed E-state index contributed by atoms with van der Waals surface area (Å²) in [6.07, 6.45) is 6.58. The molecule has 1 saturated heterocycles. The predicted octanol–water partition coefficient (Wildman–Crippen LogP) is 2.84. The molecule has 2 aromatic heterocycles. The van der Waals surface area contributed by atoms with Gasteiger partial charge in [-0.05, 0) is 68.4 Å². The number of nitrogens with zero attached hydrogens (tertiary/aromatic N) is 5. The van der Waals surface area contributed by atoms with E-state index in [2.05, 4.69) is 15.3 Å². The zero-order chi connectivity index (χ0) is 27.7. The van der Waals surface area contributed by atoms with E-state index in [1.54, 1.807) is 47.5 Å². The van der Waals surface area contributed by atoms with Crippen LogP contribution >= 0.6 is 0 Å². The summed E-state index contributed by atoms with van der Waals surface area (Å²) in [5.41, 5.74) is 7.91. The minimum atomic E-state index is -0.777. The molecule has 1 aliphatic heterocycles. The second kappa shape index (κ2) is 10.4. The number of allylic oxidation sites excluding steroid dienone is 1. The molecule has 11 heteroatoms. The van der Waals surface area contributed by atoms with Gasteiger partial charge >= 0.3 is 0 Å². The standard InChI is InChI=1S/C28H28N8O3/c1-16-10-11-32-22(13-16)33-27(38)19-8-6-18(7-9-19)23-24(25(30)37)36(31)26(34-23)21-3-2-12-35(21)28(39)20(15-29)14-17-4-5-17/h6-11,13-14,17,21H,2-5,12,31H2,1H3,(H2,30,37)(H,32,33,38)/t21-/m0/s1. The van der Waals surface area contributed by atoms with Crippen molar-refractivity contribution in [2.75, 3.05) is 17.7 Å². The molecule has 1 atom stereocenters. The van der Waals surface area contributed by atoms with Crippen LogP contribution in [0.5, 0.6) is 0 Å². The third-order valence-corrected chi connectivity index (χ3v) is 6.94. The Kier molecular flexibility index (Phi) is 6.85. The first-order valence-corrected chi connectivity index (χ1v) is 12.7. The van der Waals surface area contributed by atoms with E-state index in [1.807, 2.05) is 19.1 Å². The lowest BCUT2D eigenvalue weighted by Crippen LogP contribution is -2.34. The van der Waals surface area contributed by atoms with Crippen molar-refractivity contribution in [1.29, 1.82) is 5.26 Å². The lowest BCUT2D eigenvalue weighted by Gasteiger charge is -2.24. The zero-order valence-corrected chi connectivity index (χ0v) is 21.4. The highest BCUT2D eigenvalue weighted by Gasteiger charge is 2.37. The number of aryl methyl sites for hydroxylation is 1. The molecule has 11 nitrogen and oxygen atoms in total. The molecular formula is C28H28N8O3. The van der Waals surface area contributed by atoms with Crippen LogP contribution in [-0.4, -0.2) is 43.8 Å². The minimum absolute atomic E-state index is 0.0144. The molecule has 5 N–H and O–H groups in total. The molecule has 3 amide bonds. The van der Waals surface area contributed by atoms with Crippen molar-refractivity contribution in [2.24, 2.45) is 11.7 Å². The average molecular weight is 525 g/mol. The molecule has 0 unspecified atom stereocenters. The number of primary amides is 1. The van der Waals surface area contributed by atoms with Gasteiger partial charge in [0.15, 0.2) is 11.5 Å². The largest absolute Gasteiger partial charge is 0.364 e. The van der Waals surface area contributed by atoms with Crippen molar-refractivity contribution in [1.82, 2.24) is 19.5 Å². The van der Waals surface area contributed by atoms with Crippen molar-refractivity contribution in [3.05, 3.63) is 76.9 Å². The fraction of sp³-hybridized carbons (Fsp3) is 0.286. The Hall–Kier alpha value is -4.98. The van der Waals surface area contributed by atoms with Crippen molar-refractivity contribution in [3.8, 4) is 17.3 Å². The number of carbonyl (C=O) groups excluding carboxylic acids is 3. The van der Waals surface area contributed by atoms with Crippen molar-refractivity contribution in [2.45, 2.75) is 38.6 Å². The number of rotatable bonds is 7. The minimum Gasteiger partial charge on any atom is -0.364 e. The molecule has 5 rings (SSSR count). The van der Waals surface area contributed by atoms with Crippen LogP contribution in [0.2, 0.25) is 0 Å². The molecule has 1 saturated carbocycles. The summed E-state index contributed by atoms with van der Waals surface area (Å²) >= 11 is 0. The van der Waals surface area contributed by atoms with E-state index in [1.165, 1.54) is 0 Å². The normalized spacial score (nSPS) is 17.1. The number of nitriles is 1. The number of nitrogens with one attached hydrogen (secondary N) is 1. The van der Waals surface area contributed by atoms with Gasteiger partial charge in [0, 0.05) is 23.9 Å². The van der Waals surface area contributed by atoms with E-state index in [0.29, 0.717) is 42.2 Å². The van der Waals surface area contributed by atoms with Crippen LogP contribution < -0.4 is 16.9 Å². The summed E-state index contributed by atoms with van der Waals surface area (Å²) in [5, 5.41) is 12.3. The SMILES string of the molecule is Cc1ccnc(NC(=O)c2ccc(-c3nc([C@@H]4CCCN4C(=O)C(C#N)=CC4CC4)n(N)c3C(N)=O)cc2)c1. The highest BCUT2D eigenvalue weighted by Crippen LogP contribution is 2.36. The van der Waals surface area contributed by atoms with E-state index < -0.39 is 11.9 Å². The maximum atomic E-state index is 13.2. The van der Waals surface area contributed by atoms with E-state index in [0.717, 1.165) is 23.1 Å². The van der Waals surface area contributed by atoms with Gasteiger partial charge in [0.2, 0.25) is 0 Å². The molecule has 2 fully saturated rings. The fourth-order valence-electron chi connectivity index (χ4n) is 4.78. The lowest BCUT2D eigenvalue weighted by molar-refractivity contribution is -0.127. The smallest absolute Gasteiger partial charge is 0.269 e. The summed E-state index contributed by atoms with van der Waals surface area (Å²) in [6.45, 7) is 2.35. The number of carbonyl (C=O) groups is 3. The first-order valence-electron chi connectivity index (χ1n) is 12.7. The number of pyridine rings is 1. The van der Waals surface area contributed by atoms with Crippen molar-refractivity contribution >= 4 is 23.5 Å². The van der Waals surface area contributed by atoms with Gasteiger partial charge < -0.3 is 21.8 Å². The summed E-state index contributed by atoms with van der Waals surface area (Å²) < 4.78 is 1.13. The predicted molar refractivity (Wildman–Crippen MR) is 143 cm³/mol. The molecule has 3 heterocycles. The van der Waals surface area contributed by atoms with Crippen molar-refractivity contribution in [3.63, 3.8) is 0 Å². The Balaban J connectivity index is 1.43. The molecule has 3 aromatic rings. The molecule has 39 heavy (non-hydrogen) atoms. The number of amides is 3. The van der Waals surface area contributed by atoms with Crippen LogP contribution in [0.1, 0.15) is 64.0 Å². The number of imidazole rings is 1. The van der Waals surface area contributed by atoms with E-state index in [-0.39, 0.29) is 34.7 Å². The molecule has 1 aliphatic carbocycles. The fourth-order valence-corrected chi connectivity index (χ4v) is 4.78. The van der Waals surface area contributed by atoms with Crippen LogP contribution in [-0.2, 0) is 4.79 Å². The van der Waals surface area contributed by atoms with Crippen LogP contribution in [0.4, 0.5) is 5.82 Å². The number of benzene rings is 1. The molecule has 0 spiro atoms. The number of hydrogen-bond acceptors (Lipinski definition) is 7. The third kappa shape index (κ3) is 5.22. The third-order valence-electron chi connectivity index (χ3n) is 6.94. The quantitative estimate of drug-likeness (QED) is 0.242. The monoisotopic (exact) mass is 524 g/mol. The summed E-state index contributed by atoms with van der Waals surface area (Å²) in [5.74, 6) is 5.86. The van der Waals surface area contributed by atoms with Crippen molar-refractivity contribution < 1.29 is 14.4 Å². The first kappa shape index (κ1) is 25.7. The van der Waals surface area contributed by atoms with E-state index >= 15 is 0 Å². The first-order chi connectivity index (χ1) is 18.8. The molecule has 2 aliphatic rings. The number of aromatic nitrogens is 3. The number of nitrogen functional groups attached to an aromatic ring is 1. The highest BCUT2D eigenvalue weighted by atomic mass is 16.2. The van der Waals surface area contributed by atoms with Crippen LogP contribution in [0, 0.1) is 24.2 Å². The van der Waals surface area contributed by atoms with Gasteiger partial charge in [-0.2, -0.15) is 5.26 Å². The Morgan fingerprint density at radius 2 is 1.90 bits per heavy atom. The van der Waals surface area contributed by atoms with Crippen LogP contribution in [0.3, 0.4) is 0 Å². The Morgan fingerprint density at radius 3 is 2.54 bits per heavy atom. The Labute approximate surface area is 225 Å². The molecule has 0 bridgehead atoms. The zero-order valence-electron chi connectivity index (χ0n) is 21.4. The summed E-state index contributed by atoms with van der Waals surface area (Å²) in [6, 6.07) is 11.6. The second-order valence-electron chi connectivity index (χ2n) is 9.84. The van der Waals surface area contributed by atoms with E-state index in [4.69, 9.17) is 11.6 Å². The van der Waals surface area contributed by atoms with Gasteiger partial charge in [0.1, 0.15) is 23.2 Å². The number of hydrogen-bond donors (Lipinski definition) is 3. The Bertz CT molecular complexity index is 1530. The summed E-state index contributed by atoms with van der Waals surface area (Å²) in [7, 11) is 0. The van der Waals surface area contributed by atoms with Gasteiger partial charge in [0.05, 0.1) is 6.04 Å². The topological polar surface area (TPSA) is 173 Å². The number of likely N-dealkylation sites (tertiary alicyclic amines) is 1. The van der Waals surface area contributed by atoms with Gasteiger partial charge in [-0.3, -0.25) is 14.4 Å². The number of nitrogens with two attached hydrogens (primary N) is 2. The van der Waals surface area contributed by atoms with E-state index in [9.17, 15) is 19.6 Å². The van der Waals surface area contributed by atoms with Crippen LogP contribution in [0.25, 0.3) is 11.3 Å². The number of anilines is 1. The summed E-state index contributed by atoms with van der Waals surface area (Å²) in [4.78, 5) is 48.7. The van der Waals surface area contributed by atoms with Gasteiger partial charge in [-0.25, -0.2) is 14.6 Å².